The zero-order valence-corrected chi connectivity index (χ0v) is 15.3. The maximum Gasteiger partial charge on any atom is 0.416 e. The Balaban J connectivity index is 1.89. The molecule has 0 aliphatic heterocycles. The van der Waals surface area contributed by atoms with Crippen molar-refractivity contribution >= 4 is 28.3 Å². The summed E-state index contributed by atoms with van der Waals surface area (Å²) in [7, 11) is 4.91. The molecule has 3 rings (SSSR count). The van der Waals surface area contributed by atoms with E-state index in [0.717, 1.165) is 16.7 Å². The van der Waals surface area contributed by atoms with Crippen LogP contribution in [-0.4, -0.2) is 39.3 Å². The summed E-state index contributed by atoms with van der Waals surface area (Å²) < 4.78 is 41.5. The number of fused-ring (bicyclic) bond motifs is 1. The van der Waals surface area contributed by atoms with Crippen LogP contribution in [0, 0.1) is 0 Å². The van der Waals surface area contributed by atoms with Crippen LogP contribution in [0.2, 0.25) is 0 Å². The normalized spacial score (nSPS) is 11.6. The lowest BCUT2D eigenvalue weighted by Crippen LogP contribution is -2.28. The van der Waals surface area contributed by atoms with Crippen LogP contribution >= 0.6 is 0 Å². The number of aromatic nitrogens is 4. The molecule has 0 aliphatic rings. The minimum Gasteiger partial charge on any atom is -0.376 e. The predicted molar refractivity (Wildman–Crippen MR) is 97.2 cm³/mol. The zero-order chi connectivity index (χ0) is 20.6. The lowest BCUT2D eigenvalue weighted by atomic mass is 10.1. The van der Waals surface area contributed by atoms with E-state index >= 15 is 0 Å². The van der Waals surface area contributed by atoms with Crippen molar-refractivity contribution in [3.8, 4) is 0 Å². The topological polar surface area (TPSA) is 85.1 Å². The van der Waals surface area contributed by atoms with Crippen molar-refractivity contribution < 1.29 is 18.0 Å². The van der Waals surface area contributed by atoms with Gasteiger partial charge >= 0.3 is 6.18 Å². The van der Waals surface area contributed by atoms with Crippen LogP contribution in [0.4, 0.5) is 24.5 Å². The Hall–Kier alpha value is -3.37. The summed E-state index contributed by atoms with van der Waals surface area (Å²) in [6, 6.07) is 3.07. The highest BCUT2D eigenvalue weighted by atomic mass is 19.4. The van der Waals surface area contributed by atoms with Crippen LogP contribution in [0.3, 0.4) is 0 Å². The maximum absolute atomic E-state index is 13.0. The van der Waals surface area contributed by atoms with Crippen LogP contribution in [0.25, 0.3) is 11.0 Å². The second-order valence-corrected chi connectivity index (χ2v) is 6.36. The van der Waals surface area contributed by atoms with Gasteiger partial charge in [-0.3, -0.25) is 18.8 Å². The van der Waals surface area contributed by atoms with E-state index < -0.39 is 29.8 Å². The van der Waals surface area contributed by atoms with Gasteiger partial charge in [-0.25, -0.2) is 4.98 Å². The van der Waals surface area contributed by atoms with Gasteiger partial charge < -0.3 is 10.2 Å². The number of carbonyl (C=O) groups is 1. The Bertz CT molecular complexity index is 1100. The molecule has 11 heteroatoms. The Kier molecular flexibility index (Phi) is 4.84. The first-order valence-electron chi connectivity index (χ1n) is 8.13. The molecule has 28 heavy (non-hydrogen) atoms. The van der Waals surface area contributed by atoms with Crippen molar-refractivity contribution in [1.82, 2.24) is 19.3 Å². The number of alkyl halides is 3. The molecule has 148 valence electrons. The molecule has 1 aromatic carbocycles. The van der Waals surface area contributed by atoms with Crippen LogP contribution < -0.4 is 15.8 Å². The van der Waals surface area contributed by atoms with E-state index in [1.165, 1.54) is 23.3 Å². The first-order chi connectivity index (χ1) is 13.1. The van der Waals surface area contributed by atoms with Gasteiger partial charge in [-0.15, -0.1) is 0 Å². The minimum absolute atomic E-state index is 0.00621. The molecule has 0 unspecified atom stereocenters. The van der Waals surface area contributed by atoms with Gasteiger partial charge in [0.05, 0.1) is 23.1 Å². The van der Waals surface area contributed by atoms with Gasteiger partial charge in [0.2, 0.25) is 5.91 Å². The molecule has 0 saturated carbocycles. The molecule has 0 radical (unpaired) electrons. The van der Waals surface area contributed by atoms with Gasteiger partial charge in [0.25, 0.3) is 5.56 Å². The number of carbonyl (C=O) groups excluding carboxylic acids is 1. The van der Waals surface area contributed by atoms with Gasteiger partial charge in [-0.2, -0.15) is 18.3 Å². The van der Waals surface area contributed by atoms with E-state index in [1.54, 1.807) is 26.0 Å². The minimum atomic E-state index is -4.55. The van der Waals surface area contributed by atoms with Crippen LogP contribution in [0.1, 0.15) is 5.56 Å². The van der Waals surface area contributed by atoms with E-state index in [9.17, 15) is 22.8 Å². The number of aryl methyl sites for hydroxylation is 1. The number of halogens is 3. The third-order valence-corrected chi connectivity index (χ3v) is 4.11. The number of nitrogens with zero attached hydrogens (tertiary/aromatic N) is 5. The second-order valence-electron chi connectivity index (χ2n) is 6.36. The largest absolute Gasteiger partial charge is 0.416 e. The van der Waals surface area contributed by atoms with E-state index in [4.69, 9.17) is 0 Å². The Morgan fingerprint density at radius 2 is 2.00 bits per heavy atom. The van der Waals surface area contributed by atoms with Crippen molar-refractivity contribution in [3.05, 3.63) is 46.6 Å². The van der Waals surface area contributed by atoms with E-state index in [2.05, 4.69) is 15.4 Å². The summed E-state index contributed by atoms with van der Waals surface area (Å²) in [5.74, 6) is -0.658. The highest BCUT2D eigenvalue weighted by Gasteiger charge is 2.31. The Labute approximate surface area is 157 Å². The van der Waals surface area contributed by atoms with Gasteiger partial charge in [0.1, 0.15) is 18.3 Å². The van der Waals surface area contributed by atoms with E-state index in [1.807, 2.05) is 0 Å². The first-order valence-corrected chi connectivity index (χ1v) is 8.13. The molecule has 1 N–H and O–H groups in total. The standard InChI is InChI=1S/C17H17F3N6O2/c1-24(2)13-5-4-10(17(18,19)20)6-12(13)23-14(27)8-26-9-21-15-11(16(26)28)7-22-25(15)3/h4-7,9H,8H2,1-3H3,(H,23,27). The third kappa shape index (κ3) is 3.68. The quantitative estimate of drug-likeness (QED) is 0.730. The number of anilines is 2. The number of amides is 1. The van der Waals surface area contributed by atoms with Crippen molar-refractivity contribution in [1.29, 1.82) is 0 Å². The van der Waals surface area contributed by atoms with Crippen LogP contribution in [-0.2, 0) is 24.6 Å². The summed E-state index contributed by atoms with van der Waals surface area (Å²) in [6.07, 6.45) is -2.00. The molecule has 2 heterocycles. The molecule has 0 spiro atoms. The molecule has 0 fully saturated rings. The molecule has 0 bridgehead atoms. The fraction of sp³-hybridized carbons (Fsp3) is 0.294. The smallest absolute Gasteiger partial charge is 0.376 e. The third-order valence-electron chi connectivity index (χ3n) is 4.11. The number of benzene rings is 1. The summed E-state index contributed by atoms with van der Waals surface area (Å²) in [4.78, 5) is 30.5. The fourth-order valence-corrected chi connectivity index (χ4v) is 2.73. The lowest BCUT2D eigenvalue weighted by molar-refractivity contribution is -0.137. The molecule has 8 nitrogen and oxygen atoms in total. The first kappa shape index (κ1) is 19.4. The molecule has 2 aromatic heterocycles. The van der Waals surface area contributed by atoms with Crippen LogP contribution in [0.15, 0.2) is 35.5 Å². The molecule has 1 amide bonds. The lowest BCUT2D eigenvalue weighted by Gasteiger charge is -2.20. The monoisotopic (exact) mass is 394 g/mol. The van der Waals surface area contributed by atoms with Gasteiger partial charge in [0.15, 0.2) is 5.65 Å². The van der Waals surface area contributed by atoms with Crippen LogP contribution in [0.5, 0.6) is 0 Å². The summed E-state index contributed by atoms with van der Waals surface area (Å²) in [5, 5.41) is 6.62. The SMILES string of the molecule is CN(C)c1ccc(C(F)(F)F)cc1NC(=O)Cn1cnc2c(cnn2C)c1=O. The zero-order valence-electron chi connectivity index (χ0n) is 15.3. The number of hydrogen-bond acceptors (Lipinski definition) is 5. The Morgan fingerprint density at radius 3 is 2.64 bits per heavy atom. The summed E-state index contributed by atoms with van der Waals surface area (Å²) in [6.45, 7) is -0.403. The van der Waals surface area contributed by atoms with Crippen molar-refractivity contribution in [2.75, 3.05) is 24.3 Å². The average Bonchev–Trinajstić information content (AvgIpc) is 2.98. The fourth-order valence-electron chi connectivity index (χ4n) is 2.73. The number of nitrogens with one attached hydrogen (secondary N) is 1. The molecule has 3 aromatic rings. The average molecular weight is 394 g/mol. The Morgan fingerprint density at radius 1 is 1.29 bits per heavy atom. The van der Waals surface area contributed by atoms with Gasteiger partial charge in [0, 0.05) is 21.1 Å². The van der Waals surface area contributed by atoms with Gasteiger partial charge in [-0.1, -0.05) is 0 Å². The maximum atomic E-state index is 13.0. The number of hydrogen-bond donors (Lipinski definition) is 1. The van der Waals surface area contributed by atoms with Gasteiger partial charge in [-0.05, 0) is 18.2 Å². The summed E-state index contributed by atoms with van der Waals surface area (Å²) in [5.41, 5.74) is -0.591. The van der Waals surface area contributed by atoms with E-state index in [-0.39, 0.29) is 11.1 Å². The van der Waals surface area contributed by atoms with Crippen molar-refractivity contribution in [2.45, 2.75) is 12.7 Å². The highest BCUT2D eigenvalue weighted by molar-refractivity contribution is 5.94. The summed E-state index contributed by atoms with van der Waals surface area (Å²) >= 11 is 0. The molecule has 0 aliphatic carbocycles. The molecular formula is C17H17F3N6O2. The van der Waals surface area contributed by atoms with E-state index in [0.29, 0.717) is 11.3 Å². The second kappa shape index (κ2) is 6.98. The predicted octanol–water partition coefficient (Wildman–Crippen LogP) is 1.85. The number of rotatable bonds is 4. The molecule has 0 saturated heterocycles. The molecule has 0 atom stereocenters. The van der Waals surface area contributed by atoms with Crippen molar-refractivity contribution in [2.24, 2.45) is 7.05 Å². The highest BCUT2D eigenvalue weighted by Crippen LogP contribution is 2.34. The van der Waals surface area contributed by atoms with Crippen molar-refractivity contribution in [3.63, 3.8) is 0 Å². The molecular weight excluding hydrogens is 377 g/mol.